The molecule has 0 amide bonds. The topological polar surface area (TPSA) is 61.8 Å². The number of thiophene rings is 1. The molecular formula is C20H29N5OS. The Morgan fingerprint density at radius 1 is 1.37 bits per heavy atom. The van der Waals surface area contributed by atoms with E-state index in [1.165, 1.54) is 4.88 Å². The number of aromatic nitrogens is 1. The number of nitrogens with zero attached hydrogens (tertiary/aromatic N) is 3. The van der Waals surface area contributed by atoms with Crippen LogP contribution in [0.15, 0.2) is 46.9 Å². The fraction of sp³-hybridized carbons (Fsp3) is 0.500. The van der Waals surface area contributed by atoms with E-state index < -0.39 is 0 Å². The predicted octanol–water partition coefficient (Wildman–Crippen LogP) is 2.66. The van der Waals surface area contributed by atoms with E-state index in [1.807, 2.05) is 29.5 Å². The minimum atomic E-state index is 0.271. The smallest absolute Gasteiger partial charge is 0.191 e. The van der Waals surface area contributed by atoms with E-state index >= 15 is 0 Å². The van der Waals surface area contributed by atoms with Crippen molar-refractivity contribution in [1.82, 2.24) is 20.5 Å². The third kappa shape index (κ3) is 6.02. The molecule has 6 nitrogen and oxygen atoms in total. The van der Waals surface area contributed by atoms with E-state index in [1.54, 1.807) is 6.20 Å². The fourth-order valence-electron chi connectivity index (χ4n) is 3.21. The van der Waals surface area contributed by atoms with Gasteiger partial charge in [0, 0.05) is 37.3 Å². The van der Waals surface area contributed by atoms with Crippen LogP contribution >= 0.6 is 11.3 Å². The molecular weight excluding hydrogens is 358 g/mol. The second-order valence-electron chi connectivity index (χ2n) is 6.60. The van der Waals surface area contributed by atoms with Crippen LogP contribution in [0.25, 0.3) is 0 Å². The molecule has 3 rings (SSSR count). The Morgan fingerprint density at radius 2 is 2.30 bits per heavy atom. The zero-order valence-corrected chi connectivity index (χ0v) is 16.9. The standard InChI is InChI=1S/C20H29N5OS/c1-3-21-20(23-13-17-7-4-5-9-22-17)24-14-18(19-8-6-12-27-19)25-10-11-26-16(2)15-25/h4-9,12,16,18H,3,10-11,13-15H2,1-2H3,(H2,21,23,24). The maximum Gasteiger partial charge on any atom is 0.191 e. The summed E-state index contributed by atoms with van der Waals surface area (Å²) in [4.78, 5) is 12.9. The van der Waals surface area contributed by atoms with Crippen molar-refractivity contribution in [3.63, 3.8) is 0 Å². The van der Waals surface area contributed by atoms with Crippen LogP contribution < -0.4 is 10.6 Å². The number of pyridine rings is 1. The van der Waals surface area contributed by atoms with Crippen molar-refractivity contribution in [1.29, 1.82) is 0 Å². The number of hydrogen-bond acceptors (Lipinski definition) is 5. The Bertz CT molecular complexity index is 692. The van der Waals surface area contributed by atoms with Crippen molar-refractivity contribution in [2.45, 2.75) is 32.5 Å². The molecule has 2 unspecified atom stereocenters. The van der Waals surface area contributed by atoms with Crippen LogP contribution in [0, 0.1) is 0 Å². The van der Waals surface area contributed by atoms with Crippen LogP contribution in [0.2, 0.25) is 0 Å². The van der Waals surface area contributed by atoms with E-state index in [0.717, 1.165) is 44.4 Å². The molecule has 0 bridgehead atoms. The fourth-order valence-corrected chi connectivity index (χ4v) is 4.07. The second-order valence-corrected chi connectivity index (χ2v) is 7.58. The van der Waals surface area contributed by atoms with Gasteiger partial charge in [-0.3, -0.25) is 9.88 Å². The highest BCUT2D eigenvalue weighted by Crippen LogP contribution is 2.26. The molecule has 1 aliphatic rings. The minimum Gasteiger partial charge on any atom is -0.376 e. The van der Waals surface area contributed by atoms with Crippen molar-refractivity contribution >= 4 is 17.3 Å². The van der Waals surface area contributed by atoms with Gasteiger partial charge in [0.1, 0.15) is 0 Å². The lowest BCUT2D eigenvalue weighted by atomic mass is 10.1. The van der Waals surface area contributed by atoms with E-state index in [4.69, 9.17) is 4.74 Å². The average molecular weight is 388 g/mol. The van der Waals surface area contributed by atoms with Gasteiger partial charge in [0.2, 0.25) is 0 Å². The Kier molecular flexibility index (Phi) is 7.62. The summed E-state index contributed by atoms with van der Waals surface area (Å²) in [6, 6.07) is 10.6. The summed E-state index contributed by atoms with van der Waals surface area (Å²) in [7, 11) is 0. The molecule has 2 aromatic rings. The normalized spacial score (nSPS) is 19.6. The number of nitrogens with one attached hydrogen (secondary N) is 2. The third-order valence-corrected chi connectivity index (χ3v) is 5.49. The number of morpholine rings is 1. The SMILES string of the molecule is CCNC(=NCc1ccccn1)NCC(c1cccs1)N1CCOC(C)C1. The number of guanidine groups is 1. The zero-order chi connectivity index (χ0) is 18.9. The van der Waals surface area contributed by atoms with Gasteiger partial charge in [-0.2, -0.15) is 0 Å². The largest absolute Gasteiger partial charge is 0.376 e. The van der Waals surface area contributed by atoms with E-state index in [0.29, 0.717) is 12.6 Å². The highest BCUT2D eigenvalue weighted by molar-refractivity contribution is 7.10. The van der Waals surface area contributed by atoms with Gasteiger partial charge in [0.05, 0.1) is 31.0 Å². The van der Waals surface area contributed by atoms with Crippen molar-refractivity contribution in [2.24, 2.45) is 4.99 Å². The van der Waals surface area contributed by atoms with Crippen molar-refractivity contribution in [3.8, 4) is 0 Å². The molecule has 1 fully saturated rings. The molecule has 0 radical (unpaired) electrons. The summed E-state index contributed by atoms with van der Waals surface area (Å²) in [5.74, 6) is 0.825. The molecule has 2 aromatic heterocycles. The molecule has 2 atom stereocenters. The lowest BCUT2D eigenvalue weighted by Gasteiger charge is -2.37. The number of hydrogen-bond donors (Lipinski definition) is 2. The van der Waals surface area contributed by atoms with Crippen LogP contribution in [-0.2, 0) is 11.3 Å². The summed E-state index contributed by atoms with van der Waals surface area (Å²) in [6.07, 6.45) is 2.07. The van der Waals surface area contributed by atoms with Gasteiger partial charge in [-0.25, -0.2) is 4.99 Å². The van der Waals surface area contributed by atoms with Crippen molar-refractivity contribution in [2.75, 3.05) is 32.8 Å². The summed E-state index contributed by atoms with van der Waals surface area (Å²) >= 11 is 1.81. The summed E-state index contributed by atoms with van der Waals surface area (Å²) in [5, 5.41) is 9.01. The molecule has 2 N–H and O–H groups in total. The number of ether oxygens (including phenoxy) is 1. The van der Waals surface area contributed by atoms with Crippen LogP contribution in [0.1, 0.15) is 30.5 Å². The lowest BCUT2D eigenvalue weighted by molar-refractivity contribution is -0.0334. The minimum absolute atomic E-state index is 0.271. The number of aliphatic imine (C=N–C) groups is 1. The van der Waals surface area contributed by atoms with Crippen LogP contribution in [0.4, 0.5) is 0 Å². The molecule has 146 valence electrons. The first kappa shape index (κ1) is 19.8. The van der Waals surface area contributed by atoms with Gasteiger partial charge in [-0.05, 0) is 37.4 Å². The lowest BCUT2D eigenvalue weighted by Crippen LogP contribution is -2.48. The Labute approximate surface area is 165 Å². The van der Waals surface area contributed by atoms with E-state index in [9.17, 15) is 0 Å². The van der Waals surface area contributed by atoms with Crippen LogP contribution in [-0.4, -0.2) is 54.7 Å². The van der Waals surface area contributed by atoms with Gasteiger partial charge in [0.25, 0.3) is 0 Å². The van der Waals surface area contributed by atoms with E-state index in [-0.39, 0.29) is 6.10 Å². The van der Waals surface area contributed by atoms with Crippen LogP contribution in [0.5, 0.6) is 0 Å². The van der Waals surface area contributed by atoms with E-state index in [2.05, 4.69) is 56.9 Å². The molecule has 1 aliphatic heterocycles. The molecule has 3 heterocycles. The monoisotopic (exact) mass is 387 g/mol. The molecule has 1 saturated heterocycles. The summed E-state index contributed by atoms with van der Waals surface area (Å²) in [6.45, 7) is 9.11. The first-order chi connectivity index (χ1) is 13.3. The highest BCUT2D eigenvalue weighted by Gasteiger charge is 2.26. The highest BCUT2D eigenvalue weighted by atomic mass is 32.1. The second kappa shape index (κ2) is 10.4. The Morgan fingerprint density at radius 3 is 3.00 bits per heavy atom. The van der Waals surface area contributed by atoms with Crippen molar-refractivity contribution in [3.05, 3.63) is 52.5 Å². The first-order valence-corrected chi connectivity index (χ1v) is 10.5. The van der Waals surface area contributed by atoms with Gasteiger partial charge >= 0.3 is 0 Å². The summed E-state index contributed by atoms with van der Waals surface area (Å²) in [5.41, 5.74) is 0.964. The first-order valence-electron chi connectivity index (χ1n) is 9.57. The molecule has 0 aromatic carbocycles. The maximum atomic E-state index is 5.73. The third-order valence-electron chi connectivity index (χ3n) is 4.52. The quantitative estimate of drug-likeness (QED) is 0.565. The van der Waals surface area contributed by atoms with Crippen molar-refractivity contribution < 1.29 is 4.74 Å². The maximum absolute atomic E-state index is 5.73. The predicted molar refractivity (Wildman–Crippen MR) is 111 cm³/mol. The summed E-state index contributed by atoms with van der Waals surface area (Å²) < 4.78 is 5.73. The molecule has 0 saturated carbocycles. The Hall–Kier alpha value is -1.96. The van der Waals surface area contributed by atoms with Gasteiger partial charge < -0.3 is 15.4 Å². The average Bonchev–Trinajstić information content (AvgIpc) is 3.21. The molecule has 0 spiro atoms. The Balaban J connectivity index is 1.66. The zero-order valence-electron chi connectivity index (χ0n) is 16.1. The molecule has 7 heteroatoms. The van der Waals surface area contributed by atoms with Gasteiger partial charge in [-0.1, -0.05) is 12.1 Å². The van der Waals surface area contributed by atoms with Gasteiger partial charge in [-0.15, -0.1) is 11.3 Å². The molecule has 0 aliphatic carbocycles. The van der Waals surface area contributed by atoms with Gasteiger partial charge in [0.15, 0.2) is 5.96 Å². The number of rotatable bonds is 7. The van der Waals surface area contributed by atoms with Crippen LogP contribution in [0.3, 0.4) is 0 Å². The molecule has 27 heavy (non-hydrogen) atoms.